The summed E-state index contributed by atoms with van der Waals surface area (Å²) in [5.41, 5.74) is 4.04. The number of aryl methyl sites for hydroxylation is 1. The minimum atomic E-state index is -0.864. The van der Waals surface area contributed by atoms with Crippen molar-refractivity contribution in [3.05, 3.63) is 101 Å². The van der Waals surface area contributed by atoms with Gasteiger partial charge in [-0.15, -0.1) is 0 Å². The van der Waals surface area contributed by atoms with Gasteiger partial charge in [-0.25, -0.2) is 9.78 Å². The van der Waals surface area contributed by atoms with Crippen molar-refractivity contribution in [1.82, 2.24) is 4.98 Å². The molecule has 0 saturated heterocycles. The lowest BCUT2D eigenvalue weighted by Crippen LogP contribution is -2.27. The average Bonchev–Trinajstić information content (AvgIpc) is 2.82. The third kappa shape index (κ3) is 4.56. The SMILES string of the molecule is CC[C@@H](OC(=O)c1cc(-c2ccc(Cl)cc2)nc2ccc(C)cc12)C(=O)c1ccccc1. The quantitative estimate of drug-likeness (QED) is 0.246. The Morgan fingerprint density at radius 3 is 2.38 bits per heavy atom. The average molecular weight is 444 g/mol. The molecule has 160 valence electrons. The maximum atomic E-state index is 13.3. The Morgan fingerprint density at radius 2 is 1.69 bits per heavy atom. The highest BCUT2D eigenvalue weighted by atomic mass is 35.5. The van der Waals surface area contributed by atoms with Crippen LogP contribution in [-0.2, 0) is 4.74 Å². The molecule has 0 radical (unpaired) electrons. The molecule has 0 aliphatic rings. The van der Waals surface area contributed by atoms with Gasteiger partial charge in [0.25, 0.3) is 0 Å². The van der Waals surface area contributed by atoms with E-state index in [1.54, 1.807) is 42.5 Å². The van der Waals surface area contributed by atoms with E-state index in [0.717, 1.165) is 11.1 Å². The molecule has 4 rings (SSSR count). The summed E-state index contributed by atoms with van der Waals surface area (Å²) in [6, 6.07) is 23.6. The molecule has 0 N–H and O–H groups in total. The van der Waals surface area contributed by atoms with E-state index in [4.69, 9.17) is 21.3 Å². The second kappa shape index (κ2) is 9.33. The molecule has 4 nitrogen and oxygen atoms in total. The third-order valence-electron chi connectivity index (χ3n) is 5.29. The smallest absolute Gasteiger partial charge is 0.339 e. The van der Waals surface area contributed by atoms with Crippen molar-refractivity contribution in [2.75, 3.05) is 0 Å². The molecule has 1 aromatic heterocycles. The van der Waals surface area contributed by atoms with Crippen LogP contribution in [0.4, 0.5) is 0 Å². The van der Waals surface area contributed by atoms with Gasteiger partial charge in [0.2, 0.25) is 5.78 Å². The summed E-state index contributed by atoms with van der Waals surface area (Å²) in [6.07, 6.45) is -0.483. The van der Waals surface area contributed by atoms with Gasteiger partial charge in [0, 0.05) is 21.5 Å². The molecule has 0 aliphatic heterocycles. The molecule has 32 heavy (non-hydrogen) atoms. The minimum Gasteiger partial charge on any atom is -0.450 e. The van der Waals surface area contributed by atoms with E-state index in [9.17, 15) is 9.59 Å². The van der Waals surface area contributed by atoms with Crippen molar-refractivity contribution < 1.29 is 14.3 Å². The van der Waals surface area contributed by atoms with Crippen LogP contribution in [-0.4, -0.2) is 22.8 Å². The van der Waals surface area contributed by atoms with E-state index in [0.29, 0.717) is 39.2 Å². The first kappa shape index (κ1) is 21.7. The monoisotopic (exact) mass is 443 g/mol. The predicted molar refractivity (Wildman–Crippen MR) is 127 cm³/mol. The zero-order valence-corrected chi connectivity index (χ0v) is 18.6. The van der Waals surface area contributed by atoms with Crippen LogP contribution in [0.15, 0.2) is 78.9 Å². The van der Waals surface area contributed by atoms with Crippen molar-refractivity contribution >= 4 is 34.3 Å². The number of fused-ring (bicyclic) bond motifs is 1. The largest absolute Gasteiger partial charge is 0.450 e. The zero-order valence-electron chi connectivity index (χ0n) is 17.8. The number of benzene rings is 3. The summed E-state index contributed by atoms with van der Waals surface area (Å²) in [7, 11) is 0. The number of esters is 1. The van der Waals surface area contributed by atoms with Gasteiger partial charge in [0.1, 0.15) is 0 Å². The van der Waals surface area contributed by atoms with Crippen molar-refractivity contribution in [3.63, 3.8) is 0 Å². The van der Waals surface area contributed by atoms with Gasteiger partial charge in [-0.05, 0) is 43.7 Å². The number of ether oxygens (including phenoxy) is 1. The lowest BCUT2D eigenvalue weighted by Gasteiger charge is -2.17. The Hall–Kier alpha value is -3.50. The van der Waals surface area contributed by atoms with Crippen molar-refractivity contribution in [1.29, 1.82) is 0 Å². The fourth-order valence-corrected chi connectivity index (χ4v) is 3.71. The van der Waals surface area contributed by atoms with E-state index in [1.807, 2.05) is 50.2 Å². The van der Waals surface area contributed by atoms with Crippen molar-refractivity contribution in [2.24, 2.45) is 0 Å². The normalized spacial score (nSPS) is 11.8. The topological polar surface area (TPSA) is 56.3 Å². The molecule has 0 amide bonds. The molecule has 0 saturated carbocycles. The molecule has 3 aromatic carbocycles. The van der Waals surface area contributed by atoms with Crippen LogP contribution >= 0.6 is 11.6 Å². The Bertz CT molecular complexity index is 1280. The van der Waals surface area contributed by atoms with Crippen LogP contribution < -0.4 is 0 Å². The highest BCUT2D eigenvalue weighted by Gasteiger charge is 2.25. The van der Waals surface area contributed by atoms with Gasteiger partial charge in [0.15, 0.2) is 6.10 Å². The first-order chi connectivity index (χ1) is 15.5. The van der Waals surface area contributed by atoms with Crippen molar-refractivity contribution in [2.45, 2.75) is 26.4 Å². The standard InChI is InChI=1S/C27H22ClNO3/c1-3-25(26(30)19-7-5-4-6-8-19)32-27(31)22-16-24(18-10-12-20(28)13-11-18)29-23-14-9-17(2)15-21(22)23/h4-16,25H,3H2,1-2H3/t25-/m1/s1. The molecule has 0 spiro atoms. The number of hydrogen-bond acceptors (Lipinski definition) is 4. The predicted octanol–water partition coefficient (Wildman–Crippen LogP) is 6.68. The number of carbonyl (C=O) groups is 2. The fourth-order valence-electron chi connectivity index (χ4n) is 3.58. The molecule has 0 aliphatic carbocycles. The Kier molecular flexibility index (Phi) is 6.33. The molecule has 0 bridgehead atoms. The van der Waals surface area contributed by atoms with Gasteiger partial charge in [-0.2, -0.15) is 0 Å². The molecule has 0 fully saturated rings. The lowest BCUT2D eigenvalue weighted by atomic mass is 10.0. The number of rotatable bonds is 6. The highest BCUT2D eigenvalue weighted by molar-refractivity contribution is 6.30. The summed E-state index contributed by atoms with van der Waals surface area (Å²) >= 11 is 6.02. The van der Waals surface area contributed by atoms with Crippen LogP contribution in [0.3, 0.4) is 0 Å². The molecule has 4 aromatic rings. The van der Waals surface area contributed by atoms with Crippen LogP contribution in [0.5, 0.6) is 0 Å². The van der Waals surface area contributed by atoms with Crippen LogP contribution in [0.25, 0.3) is 22.2 Å². The van der Waals surface area contributed by atoms with E-state index < -0.39 is 12.1 Å². The molecule has 0 unspecified atom stereocenters. The zero-order chi connectivity index (χ0) is 22.7. The number of Topliss-reactive ketones (excluding diaryl/α,β-unsaturated/α-hetero) is 1. The summed E-state index contributed by atoms with van der Waals surface area (Å²) in [4.78, 5) is 30.9. The maximum Gasteiger partial charge on any atom is 0.339 e. The van der Waals surface area contributed by atoms with Crippen LogP contribution in [0.1, 0.15) is 39.6 Å². The molecule has 5 heteroatoms. The van der Waals surface area contributed by atoms with Crippen molar-refractivity contribution in [3.8, 4) is 11.3 Å². The number of ketones is 1. The molecular formula is C27H22ClNO3. The Balaban J connectivity index is 1.74. The minimum absolute atomic E-state index is 0.214. The second-order valence-electron chi connectivity index (χ2n) is 7.62. The summed E-state index contributed by atoms with van der Waals surface area (Å²) in [6.45, 7) is 3.78. The summed E-state index contributed by atoms with van der Waals surface area (Å²) < 4.78 is 5.72. The van der Waals surface area contributed by atoms with Crippen LogP contribution in [0.2, 0.25) is 5.02 Å². The van der Waals surface area contributed by atoms with Gasteiger partial charge < -0.3 is 4.74 Å². The van der Waals surface area contributed by atoms with E-state index in [2.05, 4.69) is 0 Å². The van der Waals surface area contributed by atoms with E-state index in [-0.39, 0.29) is 5.78 Å². The summed E-state index contributed by atoms with van der Waals surface area (Å²) in [5.74, 6) is -0.761. The molecule has 1 atom stereocenters. The van der Waals surface area contributed by atoms with Gasteiger partial charge >= 0.3 is 5.97 Å². The molecular weight excluding hydrogens is 422 g/mol. The Morgan fingerprint density at radius 1 is 0.969 bits per heavy atom. The fraction of sp³-hybridized carbons (Fsp3) is 0.148. The number of aromatic nitrogens is 1. The van der Waals surface area contributed by atoms with Crippen LogP contribution in [0, 0.1) is 6.92 Å². The number of hydrogen-bond donors (Lipinski definition) is 0. The molecule has 1 heterocycles. The lowest BCUT2D eigenvalue weighted by molar-refractivity contribution is 0.0279. The maximum absolute atomic E-state index is 13.3. The number of carbonyl (C=O) groups excluding carboxylic acids is 2. The number of nitrogens with zero attached hydrogens (tertiary/aromatic N) is 1. The highest BCUT2D eigenvalue weighted by Crippen LogP contribution is 2.28. The van der Waals surface area contributed by atoms with E-state index >= 15 is 0 Å². The first-order valence-corrected chi connectivity index (χ1v) is 10.8. The van der Waals surface area contributed by atoms with Gasteiger partial charge in [-0.1, -0.05) is 72.6 Å². The first-order valence-electron chi connectivity index (χ1n) is 10.4. The summed E-state index contributed by atoms with van der Waals surface area (Å²) in [5, 5.41) is 1.31. The Labute approximate surface area is 191 Å². The second-order valence-corrected chi connectivity index (χ2v) is 8.05. The number of halogens is 1. The van der Waals surface area contributed by atoms with Gasteiger partial charge in [0.05, 0.1) is 16.8 Å². The number of pyridine rings is 1. The van der Waals surface area contributed by atoms with E-state index in [1.165, 1.54) is 0 Å². The van der Waals surface area contributed by atoms with Gasteiger partial charge in [-0.3, -0.25) is 4.79 Å². The third-order valence-corrected chi connectivity index (χ3v) is 5.55.